The first-order valence-electron chi connectivity index (χ1n) is 9.11. The van der Waals surface area contributed by atoms with Gasteiger partial charge in [-0.3, -0.25) is 0 Å². The van der Waals surface area contributed by atoms with E-state index in [2.05, 4.69) is 52.8 Å². The van der Waals surface area contributed by atoms with E-state index >= 15 is 0 Å². The molecule has 0 aliphatic heterocycles. The van der Waals surface area contributed by atoms with E-state index in [9.17, 15) is 5.11 Å². The van der Waals surface area contributed by atoms with Gasteiger partial charge in [-0.15, -0.1) is 0 Å². The van der Waals surface area contributed by atoms with Crippen LogP contribution in [0.1, 0.15) is 89.3 Å². The number of aliphatic hydroxyl groups excluding tert-OH is 1. The van der Waals surface area contributed by atoms with Crippen molar-refractivity contribution in [1.29, 1.82) is 0 Å². The molecule has 1 nitrogen and oxygen atoms in total. The second-order valence-corrected chi connectivity index (χ2v) is 8.28. The monoisotopic (exact) mass is 302 g/mol. The van der Waals surface area contributed by atoms with Crippen LogP contribution in [0.3, 0.4) is 0 Å². The van der Waals surface area contributed by atoms with Crippen molar-refractivity contribution in [3.05, 3.63) is 34.9 Å². The van der Waals surface area contributed by atoms with Gasteiger partial charge in [0.1, 0.15) is 0 Å². The van der Waals surface area contributed by atoms with E-state index in [1.54, 1.807) is 0 Å². The molecule has 1 saturated carbocycles. The molecule has 1 heteroatoms. The fraction of sp³-hybridized carbons (Fsp3) is 0.714. The zero-order valence-corrected chi connectivity index (χ0v) is 15.2. The molecule has 22 heavy (non-hydrogen) atoms. The van der Waals surface area contributed by atoms with E-state index < -0.39 is 0 Å². The fourth-order valence-corrected chi connectivity index (χ4v) is 4.36. The smallest absolute Gasteiger partial charge is 0.0681 e. The summed E-state index contributed by atoms with van der Waals surface area (Å²) in [4.78, 5) is 0. The van der Waals surface area contributed by atoms with Gasteiger partial charge in [-0.05, 0) is 52.7 Å². The Balaban J connectivity index is 2.23. The Kier molecular flexibility index (Phi) is 5.71. The van der Waals surface area contributed by atoms with Gasteiger partial charge in [0.2, 0.25) is 0 Å². The standard InChI is InChI=1S/C21H34O/c1-6-16-7-8-17(11-16)13-21(4,5)20-12-18(14-22)9-10-19(20)15(2)3/h9-10,12,15-17,22H,6-8,11,13-14H2,1-5H3. The fourth-order valence-electron chi connectivity index (χ4n) is 4.36. The topological polar surface area (TPSA) is 20.2 Å². The quantitative estimate of drug-likeness (QED) is 0.704. The van der Waals surface area contributed by atoms with Crippen LogP contribution in [0.2, 0.25) is 0 Å². The lowest BCUT2D eigenvalue weighted by atomic mass is 9.72. The predicted octanol–water partition coefficient (Wildman–Crippen LogP) is 5.80. The number of hydrogen-bond donors (Lipinski definition) is 1. The van der Waals surface area contributed by atoms with E-state index in [-0.39, 0.29) is 12.0 Å². The third-order valence-corrected chi connectivity index (χ3v) is 5.68. The highest BCUT2D eigenvalue weighted by atomic mass is 16.3. The number of rotatable bonds is 6. The van der Waals surface area contributed by atoms with Gasteiger partial charge in [0.05, 0.1) is 6.61 Å². The number of benzene rings is 1. The molecule has 2 unspecified atom stereocenters. The van der Waals surface area contributed by atoms with Crippen molar-refractivity contribution in [2.24, 2.45) is 11.8 Å². The summed E-state index contributed by atoms with van der Waals surface area (Å²) in [6.45, 7) is 11.8. The molecule has 0 amide bonds. The van der Waals surface area contributed by atoms with E-state index in [0.29, 0.717) is 5.92 Å². The van der Waals surface area contributed by atoms with Gasteiger partial charge in [0.25, 0.3) is 0 Å². The van der Waals surface area contributed by atoms with Gasteiger partial charge >= 0.3 is 0 Å². The van der Waals surface area contributed by atoms with Crippen molar-refractivity contribution < 1.29 is 5.11 Å². The molecule has 0 aromatic heterocycles. The average Bonchev–Trinajstić information content (AvgIpc) is 2.93. The van der Waals surface area contributed by atoms with Crippen LogP contribution in [-0.2, 0) is 12.0 Å². The Morgan fingerprint density at radius 2 is 1.86 bits per heavy atom. The Morgan fingerprint density at radius 1 is 1.18 bits per heavy atom. The summed E-state index contributed by atoms with van der Waals surface area (Å²) < 4.78 is 0. The first-order valence-corrected chi connectivity index (χ1v) is 9.11. The van der Waals surface area contributed by atoms with Gasteiger partial charge in [-0.25, -0.2) is 0 Å². The zero-order chi connectivity index (χ0) is 16.3. The lowest BCUT2D eigenvalue weighted by Gasteiger charge is -2.32. The van der Waals surface area contributed by atoms with Crippen molar-refractivity contribution in [3.8, 4) is 0 Å². The Bertz CT molecular complexity index is 487. The second-order valence-electron chi connectivity index (χ2n) is 8.28. The van der Waals surface area contributed by atoms with Crippen LogP contribution in [0.15, 0.2) is 18.2 Å². The van der Waals surface area contributed by atoms with Crippen molar-refractivity contribution in [2.45, 2.75) is 84.7 Å². The second kappa shape index (κ2) is 7.17. The normalized spacial score (nSPS) is 22.5. The predicted molar refractivity (Wildman–Crippen MR) is 95.2 cm³/mol. The molecular formula is C21H34O. The molecule has 1 aromatic rings. The minimum absolute atomic E-state index is 0.142. The third kappa shape index (κ3) is 3.93. The third-order valence-electron chi connectivity index (χ3n) is 5.68. The molecule has 0 bridgehead atoms. The van der Waals surface area contributed by atoms with E-state index in [1.807, 2.05) is 0 Å². The minimum atomic E-state index is 0.142. The maximum Gasteiger partial charge on any atom is 0.0681 e. The highest BCUT2D eigenvalue weighted by Gasteiger charge is 2.32. The highest BCUT2D eigenvalue weighted by molar-refractivity contribution is 5.39. The molecule has 1 aliphatic carbocycles. The zero-order valence-electron chi connectivity index (χ0n) is 15.2. The average molecular weight is 303 g/mol. The molecule has 1 fully saturated rings. The van der Waals surface area contributed by atoms with Crippen molar-refractivity contribution >= 4 is 0 Å². The largest absolute Gasteiger partial charge is 0.392 e. The summed E-state index contributed by atoms with van der Waals surface area (Å²) in [5.74, 6) is 2.36. The molecular weight excluding hydrogens is 268 g/mol. The molecule has 1 aromatic carbocycles. The lowest BCUT2D eigenvalue weighted by Crippen LogP contribution is -2.23. The molecule has 0 saturated heterocycles. The molecule has 2 rings (SSSR count). The first-order chi connectivity index (χ1) is 10.4. The van der Waals surface area contributed by atoms with Crippen molar-refractivity contribution in [3.63, 3.8) is 0 Å². The Labute approximate surface area is 137 Å². The Hall–Kier alpha value is -0.820. The lowest BCUT2D eigenvalue weighted by molar-refractivity contribution is 0.281. The summed E-state index contributed by atoms with van der Waals surface area (Å²) in [6.07, 6.45) is 6.85. The van der Waals surface area contributed by atoms with Crippen molar-refractivity contribution in [2.75, 3.05) is 0 Å². The molecule has 2 atom stereocenters. The van der Waals surface area contributed by atoms with Crippen LogP contribution in [-0.4, -0.2) is 5.11 Å². The van der Waals surface area contributed by atoms with Gasteiger partial charge in [0, 0.05) is 0 Å². The molecule has 0 spiro atoms. The van der Waals surface area contributed by atoms with Gasteiger partial charge in [-0.1, -0.05) is 72.1 Å². The summed E-state index contributed by atoms with van der Waals surface area (Å²) in [7, 11) is 0. The number of aliphatic hydroxyl groups is 1. The Morgan fingerprint density at radius 3 is 2.41 bits per heavy atom. The number of hydrogen-bond acceptors (Lipinski definition) is 1. The van der Waals surface area contributed by atoms with Gasteiger partial charge in [-0.2, -0.15) is 0 Å². The summed E-state index contributed by atoms with van der Waals surface area (Å²) in [5.41, 5.74) is 4.14. The van der Waals surface area contributed by atoms with Crippen LogP contribution < -0.4 is 0 Å². The molecule has 124 valence electrons. The van der Waals surface area contributed by atoms with E-state index in [4.69, 9.17) is 0 Å². The van der Waals surface area contributed by atoms with Crippen LogP contribution in [0.4, 0.5) is 0 Å². The summed E-state index contributed by atoms with van der Waals surface area (Å²) in [5, 5.41) is 9.51. The highest BCUT2D eigenvalue weighted by Crippen LogP contribution is 2.43. The van der Waals surface area contributed by atoms with E-state index in [0.717, 1.165) is 17.4 Å². The molecule has 0 radical (unpaired) electrons. The van der Waals surface area contributed by atoms with Crippen LogP contribution in [0.25, 0.3) is 0 Å². The summed E-state index contributed by atoms with van der Waals surface area (Å²) >= 11 is 0. The van der Waals surface area contributed by atoms with Crippen LogP contribution in [0.5, 0.6) is 0 Å². The van der Waals surface area contributed by atoms with E-state index in [1.165, 1.54) is 43.2 Å². The molecule has 1 aliphatic rings. The van der Waals surface area contributed by atoms with Crippen molar-refractivity contribution in [1.82, 2.24) is 0 Å². The maximum absolute atomic E-state index is 9.51. The summed E-state index contributed by atoms with van der Waals surface area (Å²) in [6, 6.07) is 6.57. The molecule has 1 N–H and O–H groups in total. The maximum atomic E-state index is 9.51. The van der Waals surface area contributed by atoms with Gasteiger partial charge < -0.3 is 5.11 Å². The van der Waals surface area contributed by atoms with Crippen LogP contribution in [0, 0.1) is 11.8 Å². The SMILES string of the molecule is CCC1CCC(CC(C)(C)c2cc(CO)ccc2C(C)C)C1. The van der Waals surface area contributed by atoms with Gasteiger partial charge in [0.15, 0.2) is 0 Å². The van der Waals surface area contributed by atoms with Crippen LogP contribution >= 0.6 is 0 Å². The molecule has 0 heterocycles. The minimum Gasteiger partial charge on any atom is -0.392 e. The first kappa shape index (κ1) is 17.5.